The van der Waals surface area contributed by atoms with E-state index >= 15 is 0 Å². The van der Waals surface area contributed by atoms with Gasteiger partial charge < -0.3 is 11.1 Å². The Labute approximate surface area is 51.5 Å². The highest BCUT2D eigenvalue weighted by Crippen LogP contribution is 1.96. The summed E-state index contributed by atoms with van der Waals surface area (Å²) >= 11 is 0. The van der Waals surface area contributed by atoms with Crippen LogP contribution in [0.1, 0.15) is 13.8 Å². The average Bonchev–Trinajstić information content (AvgIpc) is 1.69. The lowest BCUT2D eigenvalue weighted by molar-refractivity contribution is 0.435. The van der Waals surface area contributed by atoms with E-state index in [1.54, 1.807) is 0 Å². The van der Waals surface area contributed by atoms with Gasteiger partial charge in [0.2, 0.25) is 0 Å². The predicted octanol–water partition coefficient (Wildman–Crippen LogP) is 0.189. The fourth-order valence-corrected chi connectivity index (χ4v) is 0.723. The first-order valence-electron chi connectivity index (χ1n) is 3.09. The van der Waals surface area contributed by atoms with Gasteiger partial charge in [0, 0.05) is 12.6 Å². The molecule has 0 aromatic heterocycles. The van der Waals surface area contributed by atoms with Crippen LogP contribution in [0.4, 0.5) is 0 Å². The Morgan fingerprint density at radius 1 is 1.50 bits per heavy atom. The van der Waals surface area contributed by atoms with Crippen molar-refractivity contribution in [2.45, 2.75) is 19.9 Å². The SMILES string of the molecule is CN[C@H](CN)C(C)C. The maximum absolute atomic E-state index is 5.42. The summed E-state index contributed by atoms with van der Waals surface area (Å²) in [6, 6.07) is 0.481. The highest BCUT2D eigenvalue weighted by atomic mass is 14.9. The Morgan fingerprint density at radius 3 is 2.00 bits per heavy atom. The molecule has 0 fully saturated rings. The van der Waals surface area contributed by atoms with Gasteiger partial charge in [0.15, 0.2) is 0 Å². The molecule has 50 valence electrons. The summed E-state index contributed by atoms with van der Waals surface area (Å²) in [5.74, 6) is 0.644. The molecule has 0 spiro atoms. The summed E-state index contributed by atoms with van der Waals surface area (Å²) < 4.78 is 0. The van der Waals surface area contributed by atoms with E-state index in [0.29, 0.717) is 12.0 Å². The molecule has 0 aliphatic carbocycles. The molecule has 0 heterocycles. The summed E-state index contributed by atoms with van der Waals surface area (Å²) in [6.07, 6.45) is 0. The fourth-order valence-electron chi connectivity index (χ4n) is 0.723. The first kappa shape index (κ1) is 7.92. The minimum atomic E-state index is 0.481. The molecule has 2 heteroatoms. The predicted molar refractivity (Wildman–Crippen MR) is 36.7 cm³/mol. The van der Waals surface area contributed by atoms with E-state index in [1.807, 2.05) is 7.05 Å². The standard InChI is InChI=1S/C6H16N2/c1-5(2)6(4-7)8-3/h5-6,8H,4,7H2,1-3H3/t6-/m1/s1. The van der Waals surface area contributed by atoms with Gasteiger partial charge in [0.1, 0.15) is 0 Å². The Bertz CT molecular complexity index is 48.5. The van der Waals surface area contributed by atoms with Crippen LogP contribution in [0.5, 0.6) is 0 Å². The molecule has 0 aliphatic rings. The third kappa shape index (κ3) is 2.28. The van der Waals surface area contributed by atoms with Crippen molar-refractivity contribution in [1.29, 1.82) is 0 Å². The summed E-state index contributed by atoms with van der Waals surface area (Å²) in [5.41, 5.74) is 5.42. The van der Waals surface area contributed by atoms with Crippen LogP contribution in [0.2, 0.25) is 0 Å². The molecule has 2 nitrogen and oxygen atoms in total. The van der Waals surface area contributed by atoms with E-state index in [4.69, 9.17) is 5.73 Å². The van der Waals surface area contributed by atoms with Crippen LogP contribution < -0.4 is 11.1 Å². The van der Waals surface area contributed by atoms with Gasteiger partial charge in [-0.15, -0.1) is 0 Å². The Kier molecular flexibility index (Phi) is 3.83. The van der Waals surface area contributed by atoms with Crippen molar-refractivity contribution in [2.24, 2.45) is 11.7 Å². The highest BCUT2D eigenvalue weighted by Gasteiger charge is 2.05. The van der Waals surface area contributed by atoms with Crippen molar-refractivity contribution in [3.63, 3.8) is 0 Å². The third-order valence-corrected chi connectivity index (χ3v) is 1.43. The molecule has 0 amide bonds. The second kappa shape index (κ2) is 3.87. The van der Waals surface area contributed by atoms with Crippen LogP contribution in [0.3, 0.4) is 0 Å². The summed E-state index contributed by atoms with van der Waals surface area (Å²) in [6.45, 7) is 5.05. The van der Waals surface area contributed by atoms with E-state index in [2.05, 4.69) is 19.2 Å². The Morgan fingerprint density at radius 2 is 2.00 bits per heavy atom. The van der Waals surface area contributed by atoms with Crippen LogP contribution in [0.15, 0.2) is 0 Å². The topological polar surface area (TPSA) is 38.0 Å². The van der Waals surface area contributed by atoms with Crippen LogP contribution in [0.25, 0.3) is 0 Å². The monoisotopic (exact) mass is 116 g/mol. The summed E-state index contributed by atoms with van der Waals surface area (Å²) in [5, 5.41) is 3.13. The van der Waals surface area contributed by atoms with Crippen LogP contribution in [0, 0.1) is 5.92 Å². The minimum Gasteiger partial charge on any atom is -0.329 e. The smallest absolute Gasteiger partial charge is 0.0210 e. The highest BCUT2D eigenvalue weighted by molar-refractivity contribution is 4.67. The van der Waals surface area contributed by atoms with E-state index in [9.17, 15) is 0 Å². The number of nitrogens with one attached hydrogen (secondary N) is 1. The fraction of sp³-hybridized carbons (Fsp3) is 1.00. The number of hydrogen-bond acceptors (Lipinski definition) is 2. The van der Waals surface area contributed by atoms with Crippen molar-refractivity contribution in [3.05, 3.63) is 0 Å². The largest absolute Gasteiger partial charge is 0.329 e. The first-order valence-corrected chi connectivity index (χ1v) is 3.09. The minimum absolute atomic E-state index is 0.481. The van der Waals surface area contributed by atoms with Crippen LogP contribution >= 0.6 is 0 Å². The van der Waals surface area contributed by atoms with E-state index in [-0.39, 0.29) is 0 Å². The second-order valence-electron chi connectivity index (χ2n) is 2.37. The van der Waals surface area contributed by atoms with E-state index in [0.717, 1.165) is 6.54 Å². The Balaban J connectivity index is 3.35. The van der Waals surface area contributed by atoms with Crippen molar-refractivity contribution in [3.8, 4) is 0 Å². The molecule has 3 N–H and O–H groups in total. The van der Waals surface area contributed by atoms with Crippen LogP contribution in [-0.2, 0) is 0 Å². The zero-order chi connectivity index (χ0) is 6.57. The number of hydrogen-bond donors (Lipinski definition) is 2. The van der Waals surface area contributed by atoms with Gasteiger partial charge in [0.25, 0.3) is 0 Å². The van der Waals surface area contributed by atoms with Crippen molar-refractivity contribution >= 4 is 0 Å². The normalized spacial score (nSPS) is 14.6. The van der Waals surface area contributed by atoms with Gasteiger partial charge in [-0.1, -0.05) is 13.8 Å². The van der Waals surface area contributed by atoms with Crippen LogP contribution in [-0.4, -0.2) is 19.6 Å². The molecule has 0 saturated carbocycles. The van der Waals surface area contributed by atoms with Gasteiger partial charge in [-0.2, -0.15) is 0 Å². The molecule has 0 bridgehead atoms. The van der Waals surface area contributed by atoms with Gasteiger partial charge >= 0.3 is 0 Å². The number of nitrogens with two attached hydrogens (primary N) is 1. The first-order chi connectivity index (χ1) is 3.72. The second-order valence-corrected chi connectivity index (χ2v) is 2.37. The quantitative estimate of drug-likeness (QED) is 0.552. The molecule has 0 saturated heterocycles. The molecule has 0 aromatic carbocycles. The molecule has 0 radical (unpaired) electrons. The van der Waals surface area contributed by atoms with Gasteiger partial charge in [-0.05, 0) is 13.0 Å². The third-order valence-electron chi connectivity index (χ3n) is 1.43. The maximum atomic E-state index is 5.42. The van der Waals surface area contributed by atoms with E-state index in [1.165, 1.54) is 0 Å². The van der Waals surface area contributed by atoms with Crippen molar-refractivity contribution in [2.75, 3.05) is 13.6 Å². The molecular formula is C6H16N2. The number of likely N-dealkylation sites (N-methyl/N-ethyl adjacent to an activating group) is 1. The lowest BCUT2D eigenvalue weighted by Gasteiger charge is -2.16. The Hall–Kier alpha value is -0.0800. The summed E-state index contributed by atoms with van der Waals surface area (Å²) in [4.78, 5) is 0. The molecule has 0 aromatic rings. The lowest BCUT2D eigenvalue weighted by atomic mass is 10.1. The number of rotatable bonds is 3. The molecular weight excluding hydrogens is 100 g/mol. The van der Waals surface area contributed by atoms with Gasteiger partial charge in [-0.25, -0.2) is 0 Å². The van der Waals surface area contributed by atoms with E-state index < -0.39 is 0 Å². The lowest BCUT2D eigenvalue weighted by Crippen LogP contribution is -2.37. The molecule has 8 heavy (non-hydrogen) atoms. The average molecular weight is 116 g/mol. The summed E-state index contributed by atoms with van der Waals surface area (Å²) in [7, 11) is 1.94. The maximum Gasteiger partial charge on any atom is 0.0210 e. The molecule has 0 aliphatic heterocycles. The van der Waals surface area contributed by atoms with Gasteiger partial charge in [-0.3, -0.25) is 0 Å². The molecule has 0 unspecified atom stereocenters. The molecule has 0 rings (SSSR count). The zero-order valence-corrected chi connectivity index (χ0v) is 5.94. The zero-order valence-electron chi connectivity index (χ0n) is 5.94. The van der Waals surface area contributed by atoms with Crippen molar-refractivity contribution < 1.29 is 0 Å². The van der Waals surface area contributed by atoms with Crippen molar-refractivity contribution in [1.82, 2.24) is 5.32 Å². The van der Waals surface area contributed by atoms with Gasteiger partial charge in [0.05, 0.1) is 0 Å². The molecule has 1 atom stereocenters.